The standard InChI is InChI=1S/C20H24N4O4S2/c1-12-3-4-15(9-13(12)2)24-11-14(10-16(24)25)18(26)21-19-22-23-20(30-19)29-8-5-17-27-6-7-28-17/h3-4,9,14,17H,5-8,10-11H2,1-2H3,(H,21,22,26)/t14-/m1/s1. The Kier molecular flexibility index (Phi) is 6.67. The van der Waals surface area contributed by atoms with Gasteiger partial charge in [-0.25, -0.2) is 0 Å². The van der Waals surface area contributed by atoms with Crippen LogP contribution < -0.4 is 10.2 Å². The van der Waals surface area contributed by atoms with E-state index < -0.39 is 5.92 Å². The van der Waals surface area contributed by atoms with E-state index in [0.717, 1.165) is 27.8 Å². The van der Waals surface area contributed by atoms with Crippen molar-refractivity contribution < 1.29 is 19.1 Å². The van der Waals surface area contributed by atoms with Gasteiger partial charge in [0.05, 0.1) is 19.1 Å². The van der Waals surface area contributed by atoms with Crippen molar-refractivity contribution in [2.75, 3.05) is 35.7 Å². The van der Waals surface area contributed by atoms with Crippen molar-refractivity contribution in [3.8, 4) is 0 Å². The van der Waals surface area contributed by atoms with Crippen molar-refractivity contribution in [1.29, 1.82) is 0 Å². The molecule has 0 radical (unpaired) electrons. The highest BCUT2D eigenvalue weighted by molar-refractivity contribution is 8.01. The number of aryl methyl sites for hydroxylation is 2. The average molecular weight is 449 g/mol. The summed E-state index contributed by atoms with van der Waals surface area (Å²) < 4.78 is 11.6. The summed E-state index contributed by atoms with van der Waals surface area (Å²) in [6.45, 7) is 5.72. The van der Waals surface area contributed by atoms with Crippen LogP contribution in [0.1, 0.15) is 24.0 Å². The molecule has 0 aliphatic carbocycles. The van der Waals surface area contributed by atoms with Gasteiger partial charge >= 0.3 is 0 Å². The highest BCUT2D eigenvalue weighted by atomic mass is 32.2. The van der Waals surface area contributed by atoms with E-state index in [1.54, 1.807) is 16.7 Å². The second-order valence-corrected chi connectivity index (χ2v) is 9.66. The van der Waals surface area contributed by atoms with Crippen LogP contribution in [-0.2, 0) is 19.1 Å². The fraction of sp³-hybridized carbons (Fsp3) is 0.500. The summed E-state index contributed by atoms with van der Waals surface area (Å²) in [5.41, 5.74) is 3.13. The van der Waals surface area contributed by atoms with Gasteiger partial charge in [0.15, 0.2) is 10.6 Å². The lowest BCUT2D eigenvalue weighted by molar-refractivity contribution is -0.122. The van der Waals surface area contributed by atoms with Crippen molar-refractivity contribution in [2.24, 2.45) is 5.92 Å². The van der Waals surface area contributed by atoms with E-state index in [4.69, 9.17) is 9.47 Å². The van der Waals surface area contributed by atoms with Gasteiger partial charge in [-0.1, -0.05) is 29.2 Å². The summed E-state index contributed by atoms with van der Waals surface area (Å²) in [6, 6.07) is 5.91. The molecule has 1 aromatic heterocycles. The maximum absolute atomic E-state index is 12.7. The zero-order valence-electron chi connectivity index (χ0n) is 16.9. The molecule has 8 nitrogen and oxygen atoms in total. The number of thioether (sulfide) groups is 1. The molecule has 0 saturated carbocycles. The topological polar surface area (TPSA) is 93.7 Å². The zero-order valence-corrected chi connectivity index (χ0v) is 18.6. The second kappa shape index (κ2) is 9.42. The van der Waals surface area contributed by atoms with Gasteiger partial charge in [0.1, 0.15) is 0 Å². The highest BCUT2D eigenvalue weighted by Gasteiger charge is 2.35. The predicted molar refractivity (Wildman–Crippen MR) is 116 cm³/mol. The van der Waals surface area contributed by atoms with Crippen LogP contribution in [0.4, 0.5) is 10.8 Å². The maximum Gasteiger partial charge on any atom is 0.231 e. The van der Waals surface area contributed by atoms with Gasteiger partial charge in [-0.3, -0.25) is 9.59 Å². The molecule has 2 amide bonds. The molecule has 30 heavy (non-hydrogen) atoms. The first-order valence-electron chi connectivity index (χ1n) is 9.87. The lowest BCUT2D eigenvalue weighted by atomic mass is 10.1. The Morgan fingerprint density at radius 1 is 1.27 bits per heavy atom. The summed E-state index contributed by atoms with van der Waals surface area (Å²) in [6.07, 6.45) is 0.843. The van der Waals surface area contributed by atoms with Gasteiger partial charge in [-0.2, -0.15) is 0 Å². The molecule has 160 valence electrons. The van der Waals surface area contributed by atoms with Gasteiger partial charge in [0.25, 0.3) is 0 Å². The highest BCUT2D eigenvalue weighted by Crippen LogP contribution is 2.30. The third kappa shape index (κ3) is 5.00. The van der Waals surface area contributed by atoms with Gasteiger partial charge in [0, 0.05) is 30.8 Å². The van der Waals surface area contributed by atoms with Crippen LogP contribution in [0.2, 0.25) is 0 Å². The third-order valence-electron chi connectivity index (χ3n) is 5.20. The van der Waals surface area contributed by atoms with E-state index in [2.05, 4.69) is 15.5 Å². The van der Waals surface area contributed by atoms with Crippen LogP contribution in [0.15, 0.2) is 22.5 Å². The smallest absolute Gasteiger partial charge is 0.231 e. The number of nitrogens with one attached hydrogen (secondary N) is 1. The van der Waals surface area contributed by atoms with Crippen LogP contribution in [0.3, 0.4) is 0 Å². The molecule has 2 saturated heterocycles. The first kappa shape index (κ1) is 21.2. The minimum Gasteiger partial charge on any atom is -0.350 e. The zero-order chi connectivity index (χ0) is 21.1. The Balaban J connectivity index is 1.29. The largest absolute Gasteiger partial charge is 0.350 e. The Hall–Kier alpha value is -2.01. The number of ether oxygens (including phenoxy) is 2. The number of benzene rings is 1. The van der Waals surface area contributed by atoms with Crippen LogP contribution in [0.25, 0.3) is 0 Å². The number of carbonyl (C=O) groups excluding carboxylic acids is 2. The second-order valence-electron chi connectivity index (χ2n) is 7.34. The molecule has 4 rings (SSSR count). The fourth-order valence-electron chi connectivity index (χ4n) is 3.37. The predicted octanol–water partition coefficient (Wildman–Crippen LogP) is 3.00. The molecule has 0 spiro atoms. The minimum atomic E-state index is -0.407. The van der Waals surface area contributed by atoms with Gasteiger partial charge in [0.2, 0.25) is 16.9 Å². The molecular weight excluding hydrogens is 424 g/mol. The van der Waals surface area contributed by atoms with Crippen LogP contribution >= 0.6 is 23.1 Å². The van der Waals surface area contributed by atoms with E-state index in [0.29, 0.717) is 24.9 Å². The first-order chi connectivity index (χ1) is 14.5. The summed E-state index contributed by atoms with van der Waals surface area (Å²) in [5, 5.41) is 11.4. The Morgan fingerprint density at radius 3 is 2.83 bits per heavy atom. The Labute approximate surface area is 183 Å². The maximum atomic E-state index is 12.7. The molecule has 1 aromatic carbocycles. The number of nitrogens with zero attached hydrogens (tertiary/aromatic N) is 3. The summed E-state index contributed by atoms with van der Waals surface area (Å²) in [7, 11) is 0. The molecule has 3 heterocycles. The van der Waals surface area contributed by atoms with Gasteiger partial charge < -0.3 is 19.7 Å². The molecule has 1 N–H and O–H groups in total. The van der Waals surface area contributed by atoms with Crippen LogP contribution in [-0.4, -0.2) is 53.8 Å². The molecule has 2 fully saturated rings. The van der Waals surface area contributed by atoms with E-state index >= 15 is 0 Å². The molecule has 2 aliphatic rings. The number of rotatable bonds is 7. The molecule has 0 bridgehead atoms. The normalized spacial score (nSPS) is 19.6. The molecule has 2 aliphatic heterocycles. The number of amides is 2. The average Bonchev–Trinajstić information content (AvgIpc) is 3.46. The summed E-state index contributed by atoms with van der Waals surface area (Å²) >= 11 is 2.89. The van der Waals surface area contributed by atoms with E-state index in [9.17, 15) is 9.59 Å². The monoisotopic (exact) mass is 448 g/mol. The number of aromatic nitrogens is 2. The Morgan fingerprint density at radius 2 is 2.07 bits per heavy atom. The Bertz CT molecular complexity index is 929. The van der Waals surface area contributed by atoms with Crippen LogP contribution in [0, 0.1) is 19.8 Å². The quantitative estimate of drug-likeness (QED) is 0.514. The third-order valence-corrected chi connectivity index (χ3v) is 7.21. The van der Waals surface area contributed by atoms with Crippen molar-refractivity contribution >= 4 is 45.7 Å². The minimum absolute atomic E-state index is 0.0386. The molecule has 2 aromatic rings. The van der Waals surface area contributed by atoms with Gasteiger partial charge in [-0.05, 0) is 37.1 Å². The molecular formula is C20H24N4O4S2. The summed E-state index contributed by atoms with van der Waals surface area (Å²) in [4.78, 5) is 26.8. The lowest BCUT2D eigenvalue weighted by Gasteiger charge is -2.17. The fourth-order valence-corrected chi connectivity index (χ4v) is 5.15. The van der Waals surface area contributed by atoms with Crippen molar-refractivity contribution in [2.45, 2.75) is 37.3 Å². The van der Waals surface area contributed by atoms with Crippen molar-refractivity contribution in [3.05, 3.63) is 29.3 Å². The molecule has 0 unspecified atom stereocenters. The number of carbonyl (C=O) groups is 2. The molecule has 10 heteroatoms. The first-order valence-corrected chi connectivity index (χ1v) is 11.7. The number of hydrogen-bond donors (Lipinski definition) is 1. The van der Waals surface area contributed by atoms with Crippen molar-refractivity contribution in [3.63, 3.8) is 0 Å². The van der Waals surface area contributed by atoms with E-state index in [-0.39, 0.29) is 24.5 Å². The van der Waals surface area contributed by atoms with Crippen molar-refractivity contribution in [1.82, 2.24) is 10.2 Å². The van der Waals surface area contributed by atoms with E-state index in [1.165, 1.54) is 16.9 Å². The summed E-state index contributed by atoms with van der Waals surface area (Å²) in [5.74, 6) is 0.157. The molecule has 1 atom stereocenters. The van der Waals surface area contributed by atoms with Crippen LogP contribution in [0.5, 0.6) is 0 Å². The lowest BCUT2D eigenvalue weighted by Crippen LogP contribution is -2.28. The van der Waals surface area contributed by atoms with Gasteiger partial charge in [-0.15, -0.1) is 10.2 Å². The SMILES string of the molecule is Cc1ccc(N2C[C@H](C(=O)Nc3nnc(SCCC4OCCO4)s3)CC2=O)cc1C. The number of hydrogen-bond acceptors (Lipinski definition) is 8. The number of anilines is 2. The van der Waals surface area contributed by atoms with E-state index in [1.807, 2.05) is 32.0 Å².